The molecule has 0 radical (unpaired) electrons. The van der Waals surface area contributed by atoms with Crippen molar-refractivity contribution < 1.29 is 9.59 Å². The molecule has 3 rings (SSSR count). The Bertz CT molecular complexity index is 845. The standard InChI is InChI=1S/C21H20Cl2N2O2/c22-17-7-8-18(23)19(14-17)24-21(27)16-10-12-25(13-11-16)20(26)9-6-15-4-2-1-3-5-15/h1-9,14,16H,10-13H2,(H,24,27)/b9-6+. The Morgan fingerprint density at radius 3 is 2.44 bits per heavy atom. The number of likely N-dealkylation sites (tertiary alicyclic amines) is 1. The van der Waals surface area contributed by atoms with Crippen LogP contribution in [0.15, 0.2) is 54.6 Å². The number of benzene rings is 2. The number of amides is 2. The molecule has 6 heteroatoms. The number of carbonyl (C=O) groups excluding carboxylic acids is 2. The highest BCUT2D eigenvalue weighted by atomic mass is 35.5. The van der Waals surface area contributed by atoms with E-state index in [4.69, 9.17) is 23.2 Å². The quantitative estimate of drug-likeness (QED) is 0.740. The molecule has 2 amide bonds. The Morgan fingerprint density at radius 2 is 1.74 bits per heavy atom. The molecular weight excluding hydrogens is 383 g/mol. The largest absolute Gasteiger partial charge is 0.339 e. The summed E-state index contributed by atoms with van der Waals surface area (Å²) in [6.07, 6.45) is 4.63. The van der Waals surface area contributed by atoms with Gasteiger partial charge in [-0.05, 0) is 42.7 Å². The van der Waals surface area contributed by atoms with E-state index in [1.165, 1.54) is 0 Å². The summed E-state index contributed by atoms with van der Waals surface area (Å²) in [5, 5.41) is 3.80. The molecule has 1 heterocycles. The first-order valence-corrected chi connectivity index (χ1v) is 9.56. The molecule has 0 saturated carbocycles. The summed E-state index contributed by atoms with van der Waals surface area (Å²) in [6.45, 7) is 1.11. The molecule has 0 atom stereocenters. The van der Waals surface area contributed by atoms with Crippen LogP contribution < -0.4 is 5.32 Å². The van der Waals surface area contributed by atoms with Crippen molar-refractivity contribution in [3.8, 4) is 0 Å². The Hall–Kier alpha value is -2.30. The molecule has 4 nitrogen and oxygen atoms in total. The topological polar surface area (TPSA) is 49.4 Å². The molecule has 1 aliphatic rings. The molecule has 2 aromatic carbocycles. The van der Waals surface area contributed by atoms with Gasteiger partial charge in [-0.2, -0.15) is 0 Å². The zero-order chi connectivity index (χ0) is 19.2. The smallest absolute Gasteiger partial charge is 0.246 e. The fourth-order valence-corrected chi connectivity index (χ4v) is 3.36. The number of piperidine rings is 1. The van der Waals surface area contributed by atoms with Gasteiger partial charge in [-0.15, -0.1) is 0 Å². The van der Waals surface area contributed by atoms with Gasteiger partial charge in [0.15, 0.2) is 0 Å². The normalized spacial score (nSPS) is 15.1. The zero-order valence-electron chi connectivity index (χ0n) is 14.7. The average Bonchev–Trinajstić information content (AvgIpc) is 2.70. The number of rotatable bonds is 4. The van der Waals surface area contributed by atoms with Crippen molar-refractivity contribution in [1.82, 2.24) is 4.90 Å². The van der Waals surface area contributed by atoms with Crippen molar-refractivity contribution in [3.05, 3.63) is 70.2 Å². The fraction of sp³-hybridized carbons (Fsp3) is 0.238. The summed E-state index contributed by atoms with van der Waals surface area (Å²) in [6, 6.07) is 14.6. The van der Waals surface area contributed by atoms with E-state index in [9.17, 15) is 9.59 Å². The summed E-state index contributed by atoms with van der Waals surface area (Å²) in [7, 11) is 0. The van der Waals surface area contributed by atoms with E-state index in [-0.39, 0.29) is 17.7 Å². The Balaban J connectivity index is 1.52. The lowest BCUT2D eigenvalue weighted by atomic mass is 9.95. The lowest BCUT2D eigenvalue weighted by molar-refractivity contribution is -0.130. The molecule has 27 heavy (non-hydrogen) atoms. The van der Waals surface area contributed by atoms with E-state index >= 15 is 0 Å². The maximum atomic E-state index is 12.5. The van der Waals surface area contributed by atoms with Crippen molar-refractivity contribution in [1.29, 1.82) is 0 Å². The van der Waals surface area contributed by atoms with Gasteiger partial charge in [-0.3, -0.25) is 9.59 Å². The van der Waals surface area contributed by atoms with Crippen LogP contribution in [0.5, 0.6) is 0 Å². The molecule has 0 bridgehead atoms. The molecule has 1 aliphatic heterocycles. The lowest BCUT2D eigenvalue weighted by Gasteiger charge is -2.30. The number of hydrogen-bond acceptors (Lipinski definition) is 2. The van der Waals surface area contributed by atoms with Crippen LogP contribution in [0.2, 0.25) is 10.0 Å². The molecule has 0 unspecified atom stereocenters. The monoisotopic (exact) mass is 402 g/mol. The van der Waals surface area contributed by atoms with Gasteiger partial charge in [-0.25, -0.2) is 0 Å². The summed E-state index contributed by atoms with van der Waals surface area (Å²) >= 11 is 12.0. The molecule has 1 saturated heterocycles. The minimum absolute atomic E-state index is 0.0319. The van der Waals surface area contributed by atoms with Crippen molar-refractivity contribution in [2.24, 2.45) is 5.92 Å². The van der Waals surface area contributed by atoms with Gasteiger partial charge >= 0.3 is 0 Å². The van der Waals surface area contributed by atoms with Crippen molar-refractivity contribution in [2.45, 2.75) is 12.8 Å². The van der Waals surface area contributed by atoms with Gasteiger partial charge in [0.2, 0.25) is 11.8 Å². The van der Waals surface area contributed by atoms with Crippen LogP contribution in [-0.4, -0.2) is 29.8 Å². The van der Waals surface area contributed by atoms with Gasteiger partial charge in [0, 0.05) is 30.1 Å². The minimum atomic E-state index is -0.151. The first kappa shape index (κ1) is 19.5. The SMILES string of the molecule is O=C(Nc1cc(Cl)ccc1Cl)C1CCN(C(=O)/C=C/c2ccccc2)CC1. The highest BCUT2D eigenvalue weighted by Crippen LogP contribution is 2.27. The fourth-order valence-electron chi connectivity index (χ4n) is 3.03. The second-order valence-corrected chi connectivity index (χ2v) is 7.30. The van der Waals surface area contributed by atoms with Gasteiger partial charge in [0.05, 0.1) is 10.7 Å². The summed E-state index contributed by atoms with van der Waals surface area (Å²) in [5.74, 6) is -0.274. The van der Waals surface area contributed by atoms with Crippen LogP contribution in [-0.2, 0) is 9.59 Å². The predicted molar refractivity (Wildman–Crippen MR) is 110 cm³/mol. The Labute approximate surface area is 168 Å². The third kappa shape index (κ3) is 5.34. The van der Waals surface area contributed by atoms with Gasteiger partial charge < -0.3 is 10.2 Å². The van der Waals surface area contributed by atoms with E-state index in [0.717, 1.165) is 5.56 Å². The van der Waals surface area contributed by atoms with E-state index in [0.29, 0.717) is 41.7 Å². The number of nitrogens with zero attached hydrogens (tertiary/aromatic N) is 1. The third-order valence-electron chi connectivity index (χ3n) is 4.58. The van der Waals surface area contributed by atoms with Crippen LogP contribution in [0, 0.1) is 5.92 Å². The van der Waals surface area contributed by atoms with Gasteiger partial charge in [0.1, 0.15) is 0 Å². The van der Waals surface area contributed by atoms with E-state index < -0.39 is 0 Å². The van der Waals surface area contributed by atoms with Crippen molar-refractivity contribution in [3.63, 3.8) is 0 Å². The van der Waals surface area contributed by atoms with E-state index in [1.54, 1.807) is 29.2 Å². The van der Waals surface area contributed by atoms with Crippen LogP contribution in [0.1, 0.15) is 18.4 Å². The summed E-state index contributed by atoms with van der Waals surface area (Å²) in [4.78, 5) is 26.6. The molecule has 0 aromatic heterocycles. The molecule has 1 fully saturated rings. The van der Waals surface area contributed by atoms with Crippen LogP contribution in [0.25, 0.3) is 6.08 Å². The first-order valence-electron chi connectivity index (χ1n) is 8.81. The molecule has 0 aliphatic carbocycles. The summed E-state index contributed by atoms with van der Waals surface area (Å²) < 4.78 is 0. The zero-order valence-corrected chi connectivity index (χ0v) is 16.2. The minimum Gasteiger partial charge on any atom is -0.339 e. The molecule has 0 spiro atoms. The molecule has 140 valence electrons. The number of hydrogen-bond donors (Lipinski definition) is 1. The maximum Gasteiger partial charge on any atom is 0.246 e. The third-order valence-corrected chi connectivity index (χ3v) is 5.15. The van der Waals surface area contributed by atoms with Crippen molar-refractivity contribution >= 4 is 46.8 Å². The first-order chi connectivity index (χ1) is 13.0. The van der Waals surface area contributed by atoms with Crippen LogP contribution in [0.4, 0.5) is 5.69 Å². The highest BCUT2D eigenvalue weighted by molar-refractivity contribution is 6.35. The van der Waals surface area contributed by atoms with Crippen LogP contribution >= 0.6 is 23.2 Å². The number of carbonyl (C=O) groups is 2. The number of nitrogens with one attached hydrogen (secondary N) is 1. The second-order valence-electron chi connectivity index (χ2n) is 6.46. The van der Waals surface area contributed by atoms with Gasteiger partial charge in [0.25, 0.3) is 0 Å². The highest BCUT2D eigenvalue weighted by Gasteiger charge is 2.27. The lowest BCUT2D eigenvalue weighted by Crippen LogP contribution is -2.40. The predicted octanol–water partition coefficient (Wildman–Crippen LogP) is 4.88. The van der Waals surface area contributed by atoms with Gasteiger partial charge in [-0.1, -0.05) is 53.5 Å². The summed E-state index contributed by atoms with van der Waals surface area (Å²) in [5.41, 5.74) is 1.50. The Kier molecular flexibility index (Phi) is 6.54. The maximum absolute atomic E-state index is 12.5. The number of anilines is 1. The molecular formula is C21H20Cl2N2O2. The number of halogens is 2. The molecule has 2 aromatic rings. The van der Waals surface area contributed by atoms with Crippen LogP contribution in [0.3, 0.4) is 0 Å². The van der Waals surface area contributed by atoms with E-state index in [1.807, 2.05) is 36.4 Å². The van der Waals surface area contributed by atoms with E-state index in [2.05, 4.69) is 5.32 Å². The Morgan fingerprint density at radius 1 is 1.04 bits per heavy atom. The molecule has 1 N–H and O–H groups in total. The van der Waals surface area contributed by atoms with Crippen molar-refractivity contribution in [2.75, 3.05) is 18.4 Å². The average molecular weight is 403 g/mol. The second kappa shape index (κ2) is 9.07.